The van der Waals surface area contributed by atoms with Crippen LogP contribution >= 0.6 is 0 Å². The smallest absolute Gasteiger partial charge is 0.163 e. The molecule has 1 aliphatic heterocycles. The van der Waals surface area contributed by atoms with Gasteiger partial charge in [0.05, 0.1) is 11.0 Å². The van der Waals surface area contributed by atoms with Crippen molar-refractivity contribution in [3.8, 4) is 22.9 Å². The largest absolute Gasteiger partial charge is 0.486 e. The summed E-state index contributed by atoms with van der Waals surface area (Å²) in [5.74, 6) is 2.45. The molecule has 25 heavy (non-hydrogen) atoms. The van der Waals surface area contributed by atoms with E-state index in [4.69, 9.17) is 20.2 Å². The molecule has 2 N–H and O–H groups in total. The van der Waals surface area contributed by atoms with Gasteiger partial charge in [0.2, 0.25) is 0 Å². The lowest BCUT2D eigenvalue weighted by Crippen LogP contribution is -2.19. The van der Waals surface area contributed by atoms with Crippen LogP contribution in [0.1, 0.15) is 0 Å². The number of imidazole rings is 1. The Hall–Kier alpha value is -2.73. The van der Waals surface area contributed by atoms with Crippen LogP contribution in [0.2, 0.25) is 0 Å². The molecule has 0 bridgehead atoms. The van der Waals surface area contributed by atoms with Crippen molar-refractivity contribution < 1.29 is 9.47 Å². The molecule has 0 atom stereocenters. The highest BCUT2D eigenvalue weighted by atomic mass is 16.6. The number of benzene rings is 2. The fourth-order valence-electron chi connectivity index (χ4n) is 3.09. The highest BCUT2D eigenvalue weighted by Gasteiger charge is 2.19. The predicted molar refractivity (Wildman–Crippen MR) is 99.1 cm³/mol. The van der Waals surface area contributed by atoms with Crippen molar-refractivity contribution in [2.24, 2.45) is 0 Å². The Kier molecular flexibility index (Phi) is 3.97. The number of rotatable bonds is 4. The van der Waals surface area contributed by atoms with E-state index in [0.29, 0.717) is 13.2 Å². The number of hydrogen-bond donors (Lipinski definition) is 1. The van der Waals surface area contributed by atoms with Crippen LogP contribution in [-0.4, -0.2) is 48.3 Å². The number of anilines is 1. The molecular formula is C19H22N4O2. The van der Waals surface area contributed by atoms with Crippen molar-refractivity contribution in [2.45, 2.75) is 6.54 Å². The summed E-state index contributed by atoms with van der Waals surface area (Å²) in [5.41, 5.74) is 9.67. The first-order valence-corrected chi connectivity index (χ1v) is 8.42. The topological polar surface area (TPSA) is 65.5 Å². The van der Waals surface area contributed by atoms with Gasteiger partial charge < -0.3 is 24.7 Å². The quantitative estimate of drug-likeness (QED) is 0.741. The fourth-order valence-corrected chi connectivity index (χ4v) is 3.09. The van der Waals surface area contributed by atoms with E-state index >= 15 is 0 Å². The van der Waals surface area contributed by atoms with E-state index in [9.17, 15) is 0 Å². The second kappa shape index (κ2) is 6.29. The summed E-state index contributed by atoms with van der Waals surface area (Å²) in [6.45, 7) is 2.89. The van der Waals surface area contributed by atoms with Crippen LogP contribution < -0.4 is 15.2 Å². The minimum Gasteiger partial charge on any atom is -0.486 e. The highest BCUT2D eigenvalue weighted by Crippen LogP contribution is 2.36. The summed E-state index contributed by atoms with van der Waals surface area (Å²) >= 11 is 0. The van der Waals surface area contributed by atoms with Crippen LogP contribution in [-0.2, 0) is 6.54 Å². The molecule has 0 amide bonds. The van der Waals surface area contributed by atoms with Gasteiger partial charge in [-0.3, -0.25) is 0 Å². The lowest BCUT2D eigenvalue weighted by molar-refractivity contribution is 0.172. The van der Waals surface area contributed by atoms with Crippen LogP contribution in [0.15, 0.2) is 36.4 Å². The van der Waals surface area contributed by atoms with Crippen LogP contribution in [0.25, 0.3) is 22.4 Å². The van der Waals surface area contributed by atoms with Crippen molar-refractivity contribution in [3.63, 3.8) is 0 Å². The zero-order valence-corrected chi connectivity index (χ0v) is 14.5. The molecule has 3 aromatic rings. The normalized spacial score (nSPS) is 13.6. The fraction of sp³-hybridized carbons (Fsp3) is 0.316. The average Bonchev–Trinajstić information content (AvgIpc) is 2.95. The molecule has 0 unspecified atom stereocenters. The first kappa shape index (κ1) is 15.8. The molecule has 2 aromatic carbocycles. The summed E-state index contributed by atoms with van der Waals surface area (Å²) in [6.07, 6.45) is 0. The summed E-state index contributed by atoms with van der Waals surface area (Å²) < 4.78 is 13.7. The molecule has 130 valence electrons. The Bertz CT molecular complexity index is 917. The van der Waals surface area contributed by atoms with Crippen molar-refractivity contribution in [1.82, 2.24) is 14.5 Å². The van der Waals surface area contributed by atoms with Crippen LogP contribution in [0, 0.1) is 0 Å². The maximum absolute atomic E-state index is 5.98. The highest BCUT2D eigenvalue weighted by molar-refractivity contribution is 5.84. The molecule has 0 spiro atoms. The number of fused-ring (bicyclic) bond motifs is 2. The number of likely N-dealkylation sites (N-methyl/N-ethyl adjacent to an activating group) is 1. The summed E-state index contributed by atoms with van der Waals surface area (Å²) in [4.78, 5) is 7.02. The minimum absolute atomic E-state index is 0.571. The maximum Gasteiger partial charge on any atom is 0.163 e. The summed E-state index contributed by atoms with van der Waals surface area (Å²) in [5, 5.41) is 0. The number of nitrogens with zero attached hydrogens (tertiary/aromatic N) is 3. The van der Waals surface area contributed by atoms with Gasteiger partial charge in [0.1, 0.15) is 19.0 Å². The molecule has 0 saturated heterocycles. The van der Waals surface area contributed by atoms with Crippen molar-refractivity contribution in [3.05, 3.63) is 36.4 Å². The minimum atomic E-state index is 0.571. The van der Waals surface area contributed by atoms with Gasteiger partial charge in [0.25, 0.3) is 0 Å². The van der Waals surface area contributed by atoms with Gasteiger partial charge >= 0.3 is 0 Å². The van der Waals surface area contributed by atoms with Crippen molar-refractivity contribution in [2.75, 3.05) is 39.6 Å². The van der Waals surface area contributed by atoms with E-state index < -0.39 is 0 Å². The molecule has 4 rings (SSSR count). The van der Waals surface area contributed by atoms with Gasteiger partial charge in [-0.2, -0.15) is 0 Å². The molecule has 0 radical (unpaired) electrons. The van der Waals surface area contributed by atoms with Crippen molar-refractivity contribution in [1.29, 1.82) is 0 Å². The van der Waals surface area contributed by atoms with Gasteiger partial charge in [0, 0.05) is 36.5 Å². The lowest BCUT2D eigenvalue weighted by atomic mass is 10.2. The predicted octanol–water partition coefficient (Wildman–Crippen LogP) is 2.62. The van der Waals surface area contributed by atoms with Gasteiger partial charge in [-0.1, -0.05) is 12.1 Å². The number of aromatic nitrogens is 2. The van der Waals surface area contributed by atoms with E-state index in [2.05, 4.69) is 23.6 Å². The number of hydrogen-bond acceptors (Lipinski definition) is 5. The molecule has 1 aliphatic rings. The third kappa shape index (κ3) is 3.00. The van der Waals surface area contributed by atoms with Gasteiger partial charge in [-0.15, -0.1) is 0 Å². The summed E-state index contributed by atoms with van der Waals surface area (Å²) in [6, 6.07) is 11.8. The molecule has 6 heteroatoms. The third-order valence-corrected chi connectivity index (χ3v) is 4.33. The zero-order chi connectivity index (χ0) is 17.4. The maximum atomic E-state index is 5.98. The van der Waals surface area contributed by atoms with E-state index in [1.54, 1.807) is 0 Å². The second-order valence-electron chi connectivity index (χ2n) is 6.50. The van der Waals surface area contributed by atoms with Gasteiger partial charge in [-0.25, -0.2) is 4.98 Å². The Labute approximate surface area is 146 Å². The Morgan fingerprint density at radius 2 is 1.88 bits per heavy atom. The Morgan fingerprint density at radius 1 is 1.12 bits per heavy atom. The molecular weight excluding hydrogens is 316 g/mol. The zero-order valence-electron chi connectivity index (χ0n) is 14.5. The van der Waals surface area contributed by atoms with Crippen LogP contribution in [0.3, 0.4) is 0 Å². The van der Waals surface area contributed by atoms with E-state index in [1.807, 2.05) is 36.4 Å². The van der Waals surface area contributed by atoms with Gasteiger partial charge in [0.15, 0.2) is 11.5 Å². The third-order valence-electron chi connectivity index (χ3n) is 4.33. The lowest BCUT2D eigenvalue weighted by Gasteiger charge is -2.18. The SMILES string of the molecule is CN(C)CCn1c(-c2cccc(N)c2)nc2cc3c(cc21)OCCO3. The number of ether oxygens (including phenoxy) is 2. The molecule has 0 fully saturated rings. The molecule has 6 nitrogen and oxygen atoms in total. The van der Waals surface area contributed by atoms with Crippen molar-refractivity contribution >= 4 is 16.7 Å². The standard InChI is InChI=1S/C19H22N4O2/c1-22(2)6-7-23-16-12-18-17(24-8-9-25-18)11-15(16)21-19(23)13-4-3-5-14(20)10-13/h3-5,10-12H,6-9,20H2,1-2H3. The van der Waals surface area contributed by atoms with Crippen LogP contribution in [0.4, 0.5) is 5.69 Å². The molecule has 0 aliphatic carbocycles. The Balaban J connectivity index is 1.89. The van der Waals surface area contributed by atoms with Gasteiger partial charge in [-0.05, 0) is 26.2 Å². The number of nitrogen functional groups attached to an aromatic ring is 1. The van der Waals surface area contributed by atoms with E-state index in [0.717, 1.165) is 52.7 Å². The monoisotopic (exact) mass is 338 g/mol. The number of nitrogens with two attached hydrogens (primary N) is 1. The van der Waals surface area contributed by atoms with Crippen LogP contribution in [0.5, 0.6) is 11.5 Å². The molecule has 1 aromatic heterocycles. The second-order valence-corrected chi connectivity index (χ2v) is 6.50. The molecule has 2 heterocycles. The van der Waals surface area contributed by atoms with E-state index in [1.165, 1.54) is 0 Å². The van der Waals surface area contributed by atoms with E-state index in [-0.39, 0.29) is 0 Å². The molecule has 0 saturated carbocycles. The first-order chi connectivity index (χ1) is 12.1. The Morgan fingerprint density at radius 3 is 2.60 bits per heavy atom. The summed E-state index contributed by atoms with van der Waals surface area (Å²) in [7, 11) is 4.14. The average molecular weight is 338 g/mol. The first-order valence-electron chi connectivity index (χ1n) is 8.42.